The van der Waals surface area contributed by atoms with Gasteiger partial charge in [0.25, 0.3) is 5.89 Å². The first-order valence-electron chi connectivity index (χ1n) is 5.79. The SMILES string of the molecule is CCOC(OCC)c1nc(-c2cncn2C)no1. The van der Waals surface area contributed by atoms with E-state index in [1.165, 1.54) is 0 Å². The molecule has 2 aromatic heterocycles. The molecular formula is C11H16N4O3. The highest BCUT2D eigenvalue weighted by Gasteiger charge is 2.21. The van der Waals surface area contributed by atoms with E-state index in [0.29, 0.717) is 24.9 Å². The first-order valence-corrected chi connectivity index (χ1v) is 5.79. The minimum absolute atomic E-state index is 0.315. The molecule has 0 N–H and O–H groups in total. The Balaban J connectivity index is 2.21. The van der Waals surface area contributed by atoms with Crippen molar-refractivity contribution in [2.45, 2.75) is 20.1 Å². The highest BCUT2D eigenvalue weighted by Crippen LogP contribution is 2.21. The first-order chi connectivity index (χ1) is 8.76. The Labute approximate surface area is 105 Å². The molecule has 2 heterocycles. The summed E-state index contributed by atoms with van der Waals surface area (Å²) < 4.78 is 17.7. The van der Waals surface area contributed by atoms with E-state index in [1.54, 1.807) is 12.5 Å². The molecule has 7 nitrogen and oxygen atoms in total. The third-order valence-corrected chi connectivity index (χ3v) is 2.33. The number of nitrogens with zero attached hydrogens (tertiary/aromatic N) is 4. The quantitative estimate of drug-likeness (QED) is 0.726. The zero-order valence-electron chi connectivity index (χ0n) is 10.7. The van der Waals surface area contributed by atoms with E-state index < -0.39 is 6.29 Å². The number of hydrogen-bond donors (Lipinski definition) is 0. The molecule has 0 aromatic carbocycles. The lowest BCUT2D eigenvalue weighted by Crippen LogP contribution is -2.09. The van der Waals surface area contributed by atoms with Gasteiger partial charge in [0, 0.05) is 20.3 Å². The normalized spacial score (nSPS) is 11.3. The Kier molecular flexibility index (Phi) is 4.06. The summed E-state index contributed by atoms with van der Waals surface area (Å²) in [6.07, 6.45) is 2.73. The monoisotopic (exact) mass is 252 g/mol. The lowest BCUT2D eigenvalue weighted by molar-refractivity contribution is -0.155. The molecule has 0 aliphatic heterocycles. The second kappa shape index (κ2) is 5.74. The summed E-state index contributed by atoms with van der Waals surface area (Å²) in [6.45, 7) is 4.77. The molecule has 0 radical (unpaired) electrons. The maximum Gasteiger partial charge on any atom is 0.284 e. The Hall–Kier alpha value is -1.73. The van der Waals surface area contributed by atoms with E-state index in [4.69, 9.17) is 14.0 Å². The number of aromatic nitrogens is 4. The van der Waals surface area contributed by atoms with Crippen LogP contribution in [0, 0.1) is 0 Å². The van der Waals surface area contributed by atoms with Crippen molar-refractivity contribution in [3.63, 3.8) is 0 Å². The van der Waals surface area contributed by atoms with Gasteiger partial charge in [-0.3, -0.25) is 0 Å². The summed E-state index contributed by atoms with van der Waals surface area (Å²) in [6, 6.07) is 0. The molecule has 0 fully saturated rings. The summed E-state index contributed by atoms with van der Waals surface area (Å²) in [4.78, 5) is 8.27. The predicted molar refractivity (Wildman–Crippen MR) is 62.5 cm³/mol. The third kappa shape index (κ3) is 2.57. The van der Waals surface area contributed by atoms with Crippen LogP contribution in [0.4, 0.5) is 0 Å². The fourth-order valence-electron chi connectivity index (χ4n) is 1.50. The van der Waals surface area contributed by atoms with Crippen molar-refractivity contribution in [3.05, 3.63) is 18.4 Å². The van der Waals surface area contributed by atoms with Crippen molar-refractivity contribution in [2.24, 2.45) is 7.05 Å². The highest BCUT2D eigenvalue weighted by atomic mass is 16.7. The Bertz CT molecular complexity index is 488. The van der Waals surface area contributed by atoms with Crippen molar-refractivity contribution in [2.75, 3.05) is 13.2 Å². The van der Waals surface area contributed by atoms with Crippen LogP contribution in [0.5, 0.6) is 0 Å². The van der Waals surface area contributed by atoms with Gasteiger partial charge >= 0.3 is 0 Å². The van der Waals surface area contributed by atoms with Crippen LogP contribution < -0.4 is 0 Å². The van der Waals surface area contributed by atoms with Crippen molar-refractivity contribution < 1.29 is 14.0 Å². The van der Waals surface area contributed by atoms with E-state index >= 15 is 0 Å². The number of imidazole rings is 1. The van der Waals surface area contributed by atoms with Gasteiger partial charge in [0.1, 0.15) is 5.69 Å². The standard InChI is InChI=1S/C11H16N4O3/c1-4-16-11(17-5-2)10-13-9(14-18-10)8-6-12-7-15(8)3/h6-7,11H,4-5H2,1-3H3. The summed E-state index contributed by atoms with van der Waals surface area (Å²) >= 11 is 0. The van der Waals surface area contributed by atoms with Crippen LogP contribution in [-0.2, 0) is 16.5 Å². The third-order valence-electron chi connectivity index (χ3n) is 2.33. The van der Waals surface area contributed by atoms with Gasteiger partial charge in [-0.25, -0.2) is 4.98 Å². The predicted octanol–water partition coefficient (Wildman–Crippen LogP) is 1.54. The van der Waals surface area contributed by atoms with E-state index in [9.17, 15) is 0 Å². The van der Waals surface area contributed by atoms with Gasteiger partial charge in [-0.05, 0) is 13.8 Å². The van der Waals surface area contributed by atoms with Gasteiger partial charge in [0.2, 0.25) is 12.1 Å². The number of aryl methyl sites for hydroxylation is 1. The molecule has 2 rings (SSSR count). The topological polar surface area (TPSA) is 75.2 Å². The van der Waals surface area contributed by atoms with Crippen molar-refractivity contribution in [3.8, 4) is 11.5 Å². The van der Waals surface area contributed by atoms with Crippen LogP contribution in [0.1, 0.15) is 26.0 Å². The van der Waals surface area contributed by atoms with Crippen LogP contribution in [0.15, 0.2) is 17.0 Å². The van der Waals surface area contributed by atoms with Gasteiger partial charge in [0.05, 0.1) is 12.5 Å². The van der Waals surface area contributed by atoms with Crippen LogP contribution in [0.25, 0.3) is 11.5 Å². The van der Waals surface area contributed by atoms with Crippen molar-refractivity contribution >= 4 is 0 Å². The van der Waals surface area contributed by atoms with Crippen LogP contribution in [-0.4, -0.2) is 32.9 Å². The zero-order chi connectivity index (χ0) is 13.0. The second-order valence-corrected chi connectivity index (χ2v) is 3.59. The van der Waals surface area contributed by atoms with Gasteiger partial charge < -0.3 is 18.6 Å². The van der Waals surface area contributed by atoms with Gasteiger partial charge in [-0.15, -0.1) is 0 Å². The van der Waals surface area contributed by atoms with Crippen LogP contribution in [0.2, 0.25) is 0 Å². The lowest BCUT2D eigenvalue weighted by atomic mass is 10.4. The lowest BCUT2D eigenvalue weighted by Gasteiger charge is -2.11. The van der Waals surface area contributed by atoms with E-state index in [2.05, 4.69) is 15.1 Å². The van der Waals surface area contributed by atoms with E-state index in [-0.39, 0.29) is 0 Å². The van der Waals surface area contributed by atoms with Gasteiger partial charge in [-0.2, -0.15) is 4.98 Å². The molecule has 0 saturated heterocycles. The Morgan fingerprint density at radius 1 is 1.33 bits per heavy atom. The summed E-state index contributed by atoms with van der Waals surface area (Å²) in [5.74, 6) is 0.782. The van der Waals surface area contributed by atoms with Gasteiger partial charge in [0.15, 0.2) is 0 Å². The Morgan fingerprint density at radius 3 is 2.61 bits per heavy atom. The summed E-state index contributed by atoms with van der Waals surface area (Å²) in [5.41, 5.74) is 0.775. The smallest absolute Gasteiger partial charge is 0.284 e. The number of ether oxygens (including phenoxy) is 2. The number of hydrogen-bond acceptors (Lipinski definition) is 6. The largest absolute Gasteiger partial charge is 0.345 e. The fraction of sp³-hybridized carbons (Fsp3) is 0.545. The summed E-state index contributed by atoms with van der Waals surface area (Å²) in [7, 11) is 1.86. The average Bonchev–Trinajstić information content (AvgIpc) is 2.97. The molecular weight excluding hydrogens is 236 g/mol. The molecule has 7 heteroatoms. The molecule has 0 atom stereocenters. The molecule has 0 unspecified atom stereocenters. The molecule has 0 aliphatic rings. The minimum Gasteiger partial charge on any atom is -0.345 e. The zero-order valence-corrected chi connectivity index (χ0v) is 10.7. The molecule has 0 aliphatic carbocycles. The van der Waals surface area contributed by atoms with E-state index in [0.717, 1.165) is 5.69 Å². The summed E-state index contributed by atoms with van der Waals surface area (Å²) in [5, 5.41) is 3.90. The Morgan fingerprint density at radius 2 is 2.06 bits per heavy atom. The van der Waals surface area contributed by atoms with Crippen molar-refractivity contribution in [1.29, 1.82) is 0 Å². The maximum absolute atomic E-state index is 5.39. The highest BCUT2D eigenvalue weighted by molar-refractivity contribution is 5.47. The molecule has 0 saturated carbocycles. The second-order valence-electron chi connectivity index (χ2n) is 3.59. The van der Waals surface area contributed by atoms with Gasteiger partial charge in [-0.1, -0.05) is 5.16 Å². The molecule has 0 amide bonds. The van der Waals surface area contributed by atoms with Crippen LogP contribution >= 0.6 is 0 Å². The van der Waals surface area contributed by atoms with E-state index in [1.807, 2.05) is 25.5 Å². The van der Waals surface area contributed by atoms with Crippen LogP contribution in [0.3, 0.4) is 0 Å². The molecule has 2 aromatic rings. The molecule has 18 heavy (non-hydrogen) atoms. The molecule has 0 spiro atoms. The maximum atomic E-state index is 5.39. The molecule has 0 bridgehead atoms. The average molecular weight is 252 g/mol. The first kappa shape index (κ1) is 12.7. The number of rotatable bonds is 6. The molecule has 98 valence electrons. The van der Waals surface area contributed by atoms with Crippen molar-refractivity contribution in [1.82, 2.24) is 19.7 Å². The minimum atomic E-state index is -0.616. The fourth-order valence-corrected chi connectivity index (χ4v) is 1.50.